The van der Waals surface area contributed by atoms with Gasteiger partial charge in [-0.05, 0) is 12.1 Å². The number of hydrogen-bond donors (Lipinski definition) is 0. The average molecular weight is 274 g/mol. The number of rotatable bonds is 2. The van der Waals surface area contributed by atoms with Crippen molar-refractivity contribution in [3.63, 3.8) is 0 Å². The smallest absolute Gasteiger partial charge is 0.333 e. The molecule has 0 amide bonds. The number of benzene rings is 1. The van der Waals surface area contributed by atoms with Gasteiger partial charge in [0, 0.05) is 0 Å². The Morgan fingerprint density at radius 1 is 1.06 bits per heavy atom. The quantitative estimate of drug-likeness (QED) is 0.671. The highest BCUT2D eigenvalue weighted by molar-refractivity contribution is 6.43. The molecule has 0 fully saturated rings. The number of fused-ring (bicyclic) bond motifs is 2. The Kier molecular flexibility index (Phi) is 2.27. The van der Waals surface area contributed by atoms with Gasteiger partial charge < -0.3 is 9.47 Å². The Bertz CT molecular complexity index is 603. The molecule has 0 saturated heterocycles. The van der Waals surface area contributed by atoms with Crippen molar-refractivity contribution in [2.45, 2.75) is 0 Å². The maximum absolute atomic E-state index is 13.0. The monoisotopic (exact) mass is 273 g/mol. The van der Waals surface area contributed by atoms with Gasteiger partial charge in [-0.1, -0.05) is 23.2 Å². The molecule has 0 N–H and O–H groups in total. The summed E-state index contributed by atoms with van der Waals surface area (Å²) in [7, 11) is 0. The van der Waals surface area contributed by atoms with E-state index in [1.165, 1.54) is 6.07 Å². The van der Waals surface area contributed by atoms with Crippen LogP contribution in [-0.4, -0.2) is 15.0 Å². The van der Waals surface area contributed by atoms with Crippen LogP contribution in [0.15, 0.2) is 12.1 Å². The molecular formula is C9H2Cl2FN3O2. The van der Waals surface area contributed by atoms with Crippen LogP contribution < -0.4 is 9.47 Å². The molecule has 4 rings (SSSR count). The van der Waals surface area contributed by atoms with Crippen LogP contribution in [0.3, 0.4) is 0 Å². The van der Waals surface area contributed by atoms with E-state index in [4.69, 9.17) is 32.7 Å². The maximum Gasteiger partial charge on any atom is 0.333 e. The lowest BCUT2D eigenvalue weighted by molar-refractivity contribution is 0.302. The molecule has 3 heterocycles. The van der Waals surface area contributed by atoms with Crippen LogP contribution in [0, 0.1) is 5.82 Å². The van der Waals surface area contributed by atoms with Crippen LogP contribution in [0.2, 0.25) is 10.0 Å². The lowest BCUT2D eigenvalue weighted by Gasteiger charge is -2.13. The van der Waals surface area contributed by atoms with Crippen molar-refractivity contribution in [2.24, 2.45) is 0 Å². The molecule has 0 saturated carbocycles. The topological polar surface area (TPSA) is 57.1 Å². The molecule has 2 bridgehead atoms. The number of ether oxygens (including phenoxy) is 2. The molecule has 1 aromatic heterocycles. The fraction of sp³-hybridized carbons (Fsp3) is 0. The van der Waals surface area contributed by atoms with Crippen molar-refractivity contribution in [1.29, 1.82) is 0 Å². The highest BCUT2D eigenvalue weighted by Gasteiger charge is 2.21. The number of nitrogens with zero attached hydrogens (tertiary/aromatic N) is 3. The van der Waals surface area contributed by atoms with Gasteiger partial charge in [0.1, 0.15) is 10.8 Å². The van der Waals surface area contributed by atoms with Gasteiger partial charge in [0.15, 0.2) is 5.75 Å². The van der Waals surface area contributed by atoms with Gasteiger partial charge in [0.05, 0.1) is 5.02 Å². The zero-order chi connectivity index (χ0) is 12.0. The third-order valence-electron chi connectivity index (χ3n) is 1.96. The van der Waals surface area contributed by atoms with Crippen LogP contribution in [0.25, 0.3) is 0 Å². The molecule has 0 spiro atoms. The second kappa shape index (κ2) is 3.68. The molecule has 0 radical (unpaired) electrons. The standard InChI is InChI=1S/C9H2Cl2FN3O2/c10-5-3(12)1-2-4(6(5)11)16-7-13-8-15-9(14-7)17-8/h1-2H. The van der Waals surface area contributed by atoms with Crippen molar-refractivity contribution in [3.05, 3.63) is 28.0 Å². The first kappa shape index (κ1) is 10.5. The Balaban J connectivity index is 1.94. The fourth-order valence-corrected chi connectivity index (χ4v) is 1.53. The zero-order valence-electron chi connectivity index (χ0n) is 7.95. The minimum atomic E-state index is -0.628. The molecule has 5 nitrogen and oxygen atoms in total. The number of halogens is 3. The third-order valence-corrected chi connectivity index (χ3v) is 2.80. The molecule has 8 heteroatoms. The minimum absolute atomic E-state index is 0.0147. The van der Waals surface area contributed by atoms with Crippen molar-refractivity contribution < 1.29 is 13.9 Å². The second-order valence-corrected chi connectivity index (χ2v) is 3.82. The molecule has 2 aromatic rings. The van der Waals surface area contributed by atoms with E-state index in [1.54, 1.807) is 0 Å². The zero-order valence-corrected chi connectivity index (χ0v) is 9.46. The van der Waals surface area contributed by atoms with Crippen LogP contribution in [0.5, 0.6) is 23.8 Å². The maximum atomic E-state index is 13.0. The summed E-state index contributed by atoms with van der Waals surface area (Å²) >= 11 is 11.4. The Morgan fingerprint density at radius 2 is 1.71 bits per heavy atom. The Hall–Kier alpha value is -1.66. The molecule has 0 unspecified atom stereocenters. The third kappa shape index (κ3) is 1.75. The van der Waals surface area contributed by atoms with E-state index in [0.717, 1.165) is 6.07 Å². The van der Waals surface area contributed by atoms with E-state index in [-0.39, 0.29) is 33.8 Å². The lowest BCUT2D eigenvalue weighted by Crippen LogP contribution is -2.08. The van der Waals surface area contributed by atoms with E-state index >= 15 is 0 Å². The summed E-state index contributed by atoms with van der Waals surface area (Å²) in [6.45, 7) is 0. The SMILES string of the molecule is Fc1ccc(Oc2nc3nc(n2)O3)c(Cl)c1Cl. The first-order valence-corrected chi connectivity index (χ1v) is 5.14. The van der Waals surface area contributed by atoms with Crippen LogP contribution in [-0.2, 0) is 0 Å². The first-order valence-electron chi connectivity index (χ1n) is 4.39. The summed E-state index contributed by atoms with van der Waals surface area (Å²) in [5.41, 5.74) is 0. The summed E-state index contributed by atoms with van der Waals surface area (Å²) in [6.07, 6.45) is 0. The van der Waals surface area contributed by atoms with Gasteiger partial charge in [-0.2, -0.15) is 0 Å². The van der Waals surface area contributed by atoms with E-state index in [0.29, 0.717) is 0 Å². The van der Waals surface area contributed by atoms with E-state index in [9.17, 15) is 4.39 Å². The molecule has 2 aliphatic heterocycles. The van der Waals surface area contributed by atoms with Crippen molar-refractivity contribution >= 4 is 23.2 Å². The predicted octanol–water partition coefficient (Wildman–Crippen LogP) is 3.22. The predicted molar refractivity (Wildman–Crippen MR) is 56.4 cm³/mol. The first-order chi connectivity index (χ1) is 8.13. The highest BCUT2D eigenvalue weighted by Crippen LogP contribution is 2.37. The van der Waals surface area contributed by atoms with Gasteiger partial charge in [-0.15, -0.1) is 15.0 Å². The van der Waals surface area contributed by atoms with E-state index < -0.39 is 5.82 Å². The van der Waals surface area contributed by atoms with Gasteiger partial charge in [0.2, 0.25) is 0 Å². The minimum Gasteiger partial charge on any atom is -0.422 e. The van der Waals surface area contributed by atoms with Crippen molar-refractivity contribution in [1.82, 2.24) is 15.0 Å². The molecule has 0 aliphatic carbocycles. The van der Waals surface area contributed by atoms with Crippen LogP contribution in [0.4, 0.5) is 4.39 Å². The van der Waals surface area contributed by atoms with Gasteiger partial charge in [-0.3, -0.25) is 0 Å². The molecule has 1 aromatic carbocycles. The highest BCUT2D eigenvalue weighted by atomic mass is 35.5. The van der Waals surface area contributed by atoms with E-state index in [1.807, 2.05) is 0 Å². The normalized spacial score (nSPS) is 11.7. The van der Waals surface area contributed by atoms with Crippen LogP contribution in [0.1, 0.15) is 0 Å². The van der Waals surface area contributed by atoms with Crippen LogP contribution >= 0.6 is 23.2 Å². The number of hydrogen-bond acceptors (Lipinski definition) is 5. The Labute approximate surface area is 104 Å². The summed E-state index contributed by atoms with van der Waals surface area (Å²) in [4.78, 5) is 11.3. The van der Waals surface area contributed by atoms with Gasteiger partial charge in [-0.25, -0.2) is 4.39 Å². The molecular weight excluding hydrogens is 272 g/mol. The Morgan fingerprint density at radius 3 is 2.35 bits per heavy atom. The van der Waals surface area contributed by atoms with Crippen molar-refractivity contribution in [3.8, 4) is 23.8 Å². The second-order valence-electron chi connectivity index (χ2n) is 3.06. The lowest BCUT2D eigenvalue weighted by atomic mass is 10.3. The summed E-state index contributed by atoms with van der Waals surface area (Å²) in [5.74, 6) is -0.473. The fourth-order valence-electron chi connectivity index (χ4n) is 1.19. The number of aromatic nitrogens is 3. The molecule has 86 valence electrons. The molecule has 17 heavy (non-hydrogen) atoms. The molecule has 2 aliphatic rings. The van der Waals surface area contributed by atoms with Crippen molar-refractivity contribution in [2.75, 3.05) is 0 Å². The summed E-state index contributed by atoms with van der Waals surface area (Å²) < 4.78 is 23.1. The van der Waals surface area contributed by atoms with Gasteiger partial charge in [0.25, 0.3) is 0 Å². The van der Waals surface area contributed by atoms with E-state index in [2.05, 4.69) is 15.0 Å². The average Bonchev–Trinajstić information content (AvgIpc) is 2.29. The molecule has 0 atom stereocenters. The summed E-state index contributed by atoms with van der Waals surface area (Å²) in [6, 6.07) is 2.80. The summed E-state index contributed by atoms with van der Waals surface area (Å²) in [5, 5.41) is -0.261. The van der Waals surface area contributed by atoms with Gasteiger partial charge >= 0.3 is 18.0 Å². The largest absolute Gasteiger partial charge is 0.422 e.